The lowest BCUT2D eigenvalue weighted by atomic mass is 10.0. The van der Waals surface area contributed by atoms with Gasteiger partial charge in [0.1, 0.15) is 16.8 Å². The van der Waals surface area contributed by atoms with E-state index >= 15 is 0 Å². The molecule has 43 heavy (non-hydrogen) atoms. The van der Waals surface area contributed by atoms with Crippen LogP contribution in [-0.2, 0) is 0 Å². The topological polar surface area (TPSA) is 44.5 Å². The molecule has 7 rings (SSSR count). The van der Waals surface area contributed by atoms with Crippen molar-refractivity contribution in [3.05, 3.63) is 134 Å². The molecular formula is C34H21BrCl3F2N3. The molecule has 0 aliphatic rings. The second-order valence-corrected chi connectivity index (χ2v) is 12.0. The van der Waals surface area contributed by atoms with E-state index in [1.807, 2.05) is 61.5 Å². The first-order chi connectivity index (χ1) is 20.7. The van der Waals surface area contributed by atoms with Crippen LogP contribution >= 0.6 is 50.7 Å². The van der Waals surface area contributed by atoms with E-state index in [-0.39, 0.29) is 11.6 Å². The van der Waals surface area contributed by atoms with Crippen molar-refractivity contribution in [3.8, 4) is 33.6 Å². The van der Waals surface area contributed by atoms with Crippen molar-refractivity contribution in [1.29, 1.82) is 0 Å². The monoisotopic (exact) mass is 693 g/mol. The van der Waals surface area contributed by atoms with Gasteiger partial charge in [0.15, 0.2) is 0 Å². The minimum atomic E-state index is -0.350. The van der Waals surface area contributed by atoms with Crippen LogP contribution in [0.2, 0.25) is 15.2 Å². The van der Waals surface area contributed by atoms with Crippen LogP contribution in [0.4, 0.5) is 8.78 Å². The Kier molecular flexibility index (Phi) is 8.29. The van der Waals surface area contributed by atoms with Gasteiger partial charge >= 0.3 is 0 Å². The summed E-state index contributed by atoms with van der Waals surface area (Å²) >= 11 is 21.6. The number of rotatable bonds is 3. The summed E-state index contributed by atoms with van der Waals surface area (Å²) in [4.78, 5) is 10.6. The molecule has 0 aliphatic carbocycles. The van der Waals surface area contributed by atoms with Gasteiger partial charge in [0.05, 0.1) is 32.6 Å². The number of fused-ring (bicyclic) bond motifs is 2. The number of benzene rings is 4. The van der Waals surface area contributed by atoms with Crippen LogP contribution in [0.3, 0.4) is 0 Å². The number of aromatic nitrogens is 3. The van der Waals surface area contributed by atoms with Crippen molar-refractivity contribution in [2.45, 2.75) is 6.92 Å². The SMILES string of the molecule is Cc1cc(Cl)ncc1-c1ccc2[nH]c(-c3c(F)cccc3Cl)cc2c1.Fc1cccc(Cl)c1-c1cc2cc(Br)ccc2[nH]1. The number of nitrogens with zero attached hydrogens (tertiary/aromatic N) is 1. The normalized spacial score (nSPS) is 11.1. The van der Waals surface area contributed by atoms with Gasteiger partial charge in [0.2, 0.25) is 0 Å². The molecule has 0 saturated carbocycles. The number of halogens is 6. The molecule has 0 atom stereocenters. The maximum atomic E-state index is 14.2. The average Bonchev–Trinajstić information content (AvgIpc) is 3.56. The Morgan fingerprint density at radius 3 is 1.79 bits per heavy atom. The van der Waals surface area contributed by atoms with Crippen molar-refractivity contribution in [2.75, 3.05) is 0 Å². The predicted molar refractivity (Wildman–Crippen MR) is 178 cm³/mol. The fraction of sp³-hybridized carbons (Fsp3) is 0.0294. The lowest BCUT2D eigenvalue weighted by Gasteiger charge is -2.06. The van der Waals surface area contributed by atoms with Crippen LogP contribution in [0.15, 0.2) is 102 Å². The fourth-order valence-electron chi connectivity index (χ4n) is 5.01. The molecular weight excluding hydrogens is 675 g/mol. The molecule has 3 heterocycles. The number of pyridine rings is 1. The Hall–Kier alpha value is -3.68. The predicted octanol–water partition coefficient (Wildman–Crippen LogP) is 12.0. The number of hydrogen-bond donors (Lipinski definition) is 2. The van der Waals surface area contributed by atoms with E-state index in [0.29, 0.717) is 37.7 Å². The molecule has 7 aromatic rings. The van der Waals surface area contributed by atoms with Crippen molar-refractivity contribution in [1.82, 2.24) is 15.0 Å². The number of H-pyrrole nitrogens is 2. The second kappa shape index (κ2) is 12.1. The molecule has 0 bridgehead atoms. The van der Waals surface area contributed by atoms with Gasteiger partial charge in [-0.05, 0) is 90.8 Å². The Morgan fingerprint density at radius 2 is 1.23 bits per heavy atom. The zero-order valence-electron chi connectivity index (χ0n) is 22.5. The molecule has 2 N–H and O–H groups in total. The molecule has 3 aromatic heterocycles. The molecule has 0 aliphatic heterocycles. The highest BCUT2D eigenvalue weighted by Gasteiger charge is 2.14. The summed E-state index contributed by atoms with van der Waals surface area (Å²) in [6, 6.07) is 26.9. The zero-order valence-corrected chi connectivity index (χ0v) is 26.3. The minimum absolute atomic E-state index is 0.326. The van der Waals surface area contributed by atoms with Crippen LogP contribution in [-0.4, -0.2) is 15.0 Å². The molecule has 9 heteroatoms. The van der Waals surface area contributed by atoms with E-state index in [2.05, 4.69) is 30.9 Å². The van der Waals surface area contributed by atoms with E-state index in [1.165, 1.54) is 12.1 Å². The number of nitrogens with one attached hydrogen (secondary N) is 2. The van der Waals surface area contributed by atoms with Gasteiger partial charge in [-0.1, -0.05) is 68.9 Å². The summed E-state index contributed by atoms with van der Waals surface area (Å²) in [6.45, 7) is 1.99. The smallest absolute Gasteiger partial charge is 0.134 e. The third-order valence-electron chi connectivity index (χ3n) is 7.06. The van der Waals surface area contributed by atoms with Gasteiger partial charge in [-0.3, -0.25) is 0 Å². The van der Waals surface area contributed by atoms with E-state index < -0.39 is 0 Å². The van der Waals surface area contributed by atoms with E-state index in [9.17, 15) is 8.78 Å². The van der Waals surface area contributed by atoms with Crippen LogP contribution < -0.4 is 0 Å². The highest BCUT2D eigenvalue weighted by molar-refractivity contribution is 9.10. The molecule has 0 spiro atoms. The fourth-order valence-corrected chi connectivity index (χ4v) is 6.13. The molecule has 214 valence electrons. The highest BCUT2D eigenvalue weighted by atomic mass is 79.9. The summed E-state index contributed by atoms with van der Waals surface area (Å²) in [5, 5.41) is 3.24. The van der Waals surface area contributed by atoms with Gasteiger partial charge in [-0.15, -0.1) is 0 Å². The standard InChI is InChI=1S/C20H13Cl2FN2.C14H8BrClFN/c1-11-7-19(22)24-10-14(11)12-5-6-17-13(8-12)9-18(25-17)20-15(21)3-2-4-16(20)23;15-9-4-5-12-8(6-9)7-13(18-12)14-10(16)2-1-3-11(14)17/h2-10,25H,1H3;1-7,18H. The van der Waals surface area contributed by atoms with Crippen molar-refractivity contribution in [3.63, 3.8) is 0 Å². The molecule has 0 unspecified atom stereocenters. The zero-order chi connectivity index (χ0) is 30.2. The van der Waals surface area contributed by atoms with Crippen LogP contribution in [0.1, 0.15) is 5.56 Å². The maximum Gasteiger partial charge on any atom is 0.134 e. The second-order valence-electron chi connectivity index (χ2n) is 9.91. The third kappa shape index (κ3) is 6.06. The van der Waals surface area contributed by atoms with Gasteiger partial charge in [0, 0.05) is 38.0 Å². The molecule has 0 radical (unpaired) electrons. The third-order valence-corrected chi connectivity index (χ3v) is 8.39. The summed E-state index contributed by atoms with van der Waals surface area (Å²) in [5.41, 5.74) is 7.08. The Morgan fingerprint density at radius 1 is 0.674 bits per heavy atom. The molecule has 0 amide bonds. The molecule has 0 saturated heterocycles. The van der Waals surface area contributed by atoms with Gasteiger partial charge in [-0.2, -0.15) is 0 Å². The van der Waals surface area contributed by atoms with E-state index in [0.717, 1.165) is 43.0 Å². The van der Waals surface area contributed by atoms with Crippen LogP contribution in [0.25, 0.3) is 55.4 Å². The average molecular weight is 696 g/mol. The number of aromatic amines is 2. The van der Waals surface area contributed by atoms with Crippen LogP contribution in [0.5, 0.6) is 0 Å². The summed E-state index contributed by atoms with van der Waals surface area (Å²) in [5.74, 6) is -0.676. The lowest BCUT2D eigenvalue weighted by molar-refractivity contribution is 0.630. The Labute approximate surface area is 269 Å². The molecule has 4 aromatic carbocycles. The first kappa shape index (κ1) is 29.4. The maximum absolute atomic E-state index is 14.2. The van der Waals surface area contributed by atoms with E-state index in [4.69, 9.17) is 34.8 Å². The van der Waals surface area contributed by atoms with Crippen molar-refractivity contribution in [2.24, 2.45) is 0 Å². The summed E-state index contributed by atoms with van der Waals surface area (Å²) in [7, 11) is 0. The highest BCUT2D eigenvalue weighted by Crippen LogP contribution is 2.35. The Bertz CT molecular complexity index is 2100. The van der Waals surface area contributed by atoms with Crippen LogP contribution in [0, 0.1) is 18.6 Å². The summed E-state index contributed by atoms with van der Waals surface area (Å²) in [6.07, 6.45) is 1.76. The van der Waals surface area contributed by atoms with Crippen molar-refractivity contribution >= 4 is 72.5 Å². The first-order valence-corrected chi connectivity index (χ1v) is 15.0. The quantitative estimate of drug-likeness (QED) is 0.178. The largest absolute Gasteiger partial charge is 0.354 e. The van der Waals surface area contributed by atoms with Gasteiger partial charge in [-0.25, -0.2) is 13.8 Å². The van der Waals surface area contributed by atoms with Gasteiger partial charge < -0.3 is 9.97 Å². The Balaban J connectivity index is 0.000000162. The molecule has 0 fully saturated rings. The summed E-state index contributed by atoms with van der Waals surface area (Å²) < 4.78 is 29.0. The number of hydrogen-bond acceptors (Lipinski definition) is 1. The molecule has 3 nitrogen and oxygen atoms in total. The van der Waals surface area contributed by atoms with E-state index in [1.54, 1.807) is 30.5 Å². The lowest BCUT2D eigenvalue weighted by Crippen LogP contribution is -1.86. The van der Waals surface area contributed by atoms with Crippen molar-refractivity contribution < 1.29 is 8.78 Å². The first-order valence-electron chi connectivity index (χ1n) is 13.1. The minimum Gasteiger partial charge on any atom is -0.354 e. The van der Waals surface area contributed by atoms with Gasteiger partial charge in [0.25, 0.3) is 0 Å². The number of aryl methyl sites for hydroxylation is 1.